The van der Waals surface area contributed by atoms with Crippen LogP contribution in [0.15, 0.2) is 22.7 Å². The van der Waals surface area contributed by atoms with Crippen molar-refractivity contribution < 1.29 is 0 Å². The minimum Gasteiger partial charge on any atom is -0.310 e. The van der Waals surface area contributed by atoms with Crippen molar-refractivity contribution in [3.8, 4) is 0 Å². The lowest BCUT2D eigenvalue weighted by Crippen LogP contribution is -2.26. The van der Waals surface area contributed by atoms with E-state index in [0.29, 0.717) is 6.04 Å². The summed E-state index contributed by atoms with van der Waals surface area (Å²) in [5.41, 5.74) is 1.21. The first-order valence-corrected chi connectivity index (χ1v) is 7.86. The Morgan fingerprint density at radius 3 is 2.94 bits per heavy atom. The standard InChI is InChI=1S/C12H17BrClNS/c1-9(5-6-16-2)15-8-10-7-11(14)3-4-12(10)13/h3-4,7,9,15H,5-6,8H2,1-2H3. The Kier molecular flexibility index (Phi) is 6.81. The van der Waals surface area contributed by atoms with Crippen molar-refractivity contribution in [3.05, 3.63) is 33.3 Å². The third-order valence-electron chi connectivity index (χ3n) is 2.40. The summed E-state index contributed by atoms with van der Waals surface area (Å²) < 4.78 is 1.11. The lowest BCUT2D eigenvalue weighted by Gasteiger charge is -2.14. The van der Waals surface area contributed by atoms with Gasteiger partial charge < -0.3 is 5.32 Å². The Morgan fingerprint density at radius 1 is 1.50 bits per heavy atom. The van der Waals surface area contributed by atoms with Crippen LogP contribution in [0, 0.1) is 0 Å². The first-order chi connectivity index (χ1) is 7.63. The summed E-state index contributed by atoms with van der Waals surface area (Å²) in [6, 6.07) is 6.43. The van der Waals surface area contributed by atoms with E-state index in [2.05, 4.69) is 34.4 Å². The van der Waals surface area contributed by atoms with Gasteiger partial charge in [0.2, 0.25) is 0 Å². The molecule has 0 amide bonds. The first-order valence-electron chi connectivity index (χ1n) is 5.29. The second-order valence-electron chi connectivity index (χ2n) is 3.80. The molecule has 1 rings (SSSR count). The molecule has 0 saturated heterocycles. The molecule has 0 aliphatic heterocycles. The SMILES string of the molecule is CSCCC(C)NCc1cc(Cl)ccc1Br. The smallest absolute Gasteiger partial charge is 0.0410 e. The van der Waals surface area contributed by atoms with Crippen molar-refractivity contribution in [2.45, 2.75) is 25.9 Å². The highest BCUT2D eigenvalue weighted by Crippen LogP contribution is 2.21. The molecule has 1 N–H and O–H groups in total. The molecule has 1 unspecified atom stereocenters. The highest BCUT2D eigenvalue weighted by atomic mass is 79.9. The molecular formula is C12H17BrClNS. The van der Waals surface area contributed by atoms with Gasteiger partial charge in [0.1, 0.15) is 0 Å². The van der Waals surface area contributed by atoms with Crippen LogP contribution in [0.25, 0.3) is 0 Å². The van der Waals surface area contributed by atoms with Crippen LogP contribution in [0.1, 0.15) is 18.9 Å². The number of benzene rings is 1. The van der Waals surface area contributed by atoms with Crippen molar-refractivity contribution in [2.75, 3.05) is 12.0 Å². The number of nitrogens with one attached hydrogen (secondary N) is 1. The molecular weight excluding hydrogens is 306 g/mol. The van der Waals surface area contributed by atoms with Gasteiger partial charge in [0.25, 0.3) is 0 Å². The fourth-order valence-corrected chi connectivity index (χ4v) is 2.53. The average Bonchev–Trinajstić information content (AvgIpc) is 2.27. The Balaban J connectivity index is 2.44. The molecule has 0 saturated carbocycles. The highest BCUT2D eigenvalue weighted by Gasteiger charge is 2.04. The summed E-state index contributed by atoms with van der Waals surface area (Å²) in [5, 5.41) is 4.29. The molecule has 16 heavy (non-hydrogen) atoms. The van der Waals surface area contributed by atoms with Gasteiger partial charge in [0.15, 0.2) is 0 Å². The molecule has 1 nitrogen and oxygen atoms in total. The number of thioether (sulfide) groups is 1. The zero-order valence-electron chi connectivity index (χ0n) is 9.59. The van der Waals surface area contributed by atoms with Crippen molar-refractivity contribution in [2.24, 2.45) is 0 Å². The van der Waals surface area contributed by atoms with Crippen LogP contribution >= 0.6 is 39.3 Å². The summed E-state index contributed by atoms with van der Waals surface area (Å²) in [4.78, 5) is 0. The molecule has 0 spiro atoms. The minimum absolute atomic E-state index is 0.540. The van der Waals surface area contributed by atoms with Gasteiger partial charge in [-0.15, -0.1) is 0 Å². The van der Waals surface area contributed by atoms with E-state index in [9.17, 15) is 0 Å². The normalized spacial score (nSPS) is 12.8. The fraction of sp³-hybridized carbons (Fsp3) is 0.500. The third kappa shape index (κ3) is 5.09. The topological polar surface area (TPSA) is 12.0 Å². The lowest BCUT2D eigenvalue weighted by atomic mass is 10.2. The van der Waals surface area contributed by atoms with E-state index < -0.39 is 0 Å². The summed E-state index contributed by atoms with van der Waals surface area (Å²) in [6.45, 7) is 3.07. The maximum absolute atomic E-state index is 5.96. The van der Waals surface area contributed by atoms with Crippen molar-refractivity contribution in [1.82, 2.24) is 5.32 Å². The Bertz CT molecular complexity index is 333. The third-order valence-corrected chi connectivity index (χ3v) is 4.06. The number of halogens is 2. The second kappa shape index (κ2) is 7.59. The van der Waals surface area contributed by atoms with Crippen molar-refractivity contribution >= 4 is 39.3 Å². The Morgan fingerprint density at radius 2 is 2.25 bits per heavy atom. The van der Waals surface area contributed by atoms with Crippen molar-refractivity contribution in [1.29, 1.82) is 0 Å². The molecule has 4 heteroatoms. The molecule has 0 aliphatic rings. The molecule has 0 heterocycles. The van der Waals surface area contributed by atoms with Gasteiger partial charge in [-0.05, 0) is 49.1 Å². The summed E-state index contributed by atoms with van der Waals surface area (Å²) in [5.74, 6) is 1.20. The molecule has 1 aromatic rings. The van der Waals surface area contributed by atoms with Gasteiger partial charge in [-0.2, -0.15) is 11.8 Å². The molecule has 0 bridgehead atoms. The molecule has 1 atom stereocenters. The van der Waals surface area contributed by atoms with Crippen LogP contribution in [0.4, 0.5) is 0 Å². The van der Waals surface area contributed by atoms with E-state index in [-0.39, 0.29) is 0 Å². The lowest BCUT2D eigenvalue weighted by molar-refractivity contribution is 0.537. The van der Waals surface area contributed by atoms with Crippen LogP contribution in [-0.2, 0) is 6.54 Å². The van der Waals surface area contributed by atoms with E-state index in [1.54, 1.807) is 0 Å². The van der Waals surface area contributed by atoms with Gasteiger partial charge in [-0.3, -0.25) is 0 Å². The monoisotopic (exact) mass is 321 g/mol. The van der Waals surface area contributed by atoms with E-state index in [4.69, 9.17) is 11.6 Å². The average molecular weight is 323 g/mol. The van der Waals surface area contributed by atoms with Crippen molar-refractivity contribution in [3.63, 3.8) is 0 Å². The number of rotatable bonds is 6. The molecule has 1 aromatic carbocycles. The second-order valence-corrected chi connectivity index (χ2v) is 6.08. The maximum atomic E-state index is 5.96. The predicted octanol–water partition coefficient (Wildman–Crippen LogP) is 4.33. The minimum atomic E-state index is 0.540. The predicted molar refractivity (Wildman–Crippen MR) is 78.5 cm³/mol. The first kappa shape index (κ1) is 14.4. The van der Waals surface area contributed by atoms with Crippen LogP contribution < -0.4 is 5.32 Å². The maximum Gasteiger partial charge on any atom is 0.0410 e. The van der Waals surface area contributed by atoms with Crippen LogP contribution in [0.2, 0.25) is 5.02 Å². The summed E-state index contributed by atoms with van der Waals surface area (Å²) >= 11 is 11.4. The van der Waals surface area contributed by atoms with Gasteiger partial charge in [-0.25, -0.2) is 0 Å². The Hall–Kier alpha value is 0.300. The van der Waals surface area contributed by atoms with Crippen LogP contribution in [-0.4, -0.2) is 18.1 Å². The van der Waals surface area contributed by atoms with Gasteiger partial charge >= 0.3 is 0 Å². The number of hydrogen-bond acceptors (Lipinski definition) is 2. The van der Waals surface area contributed by atoms with Crippen LogP contribution in [0.3, 0.4) is 0 Å². The molecule has 0 aromatic heterocycles. The Labute approximate surface area is 115 Å². The molecule has 0 aliphatic carbocycles. The van der Waals surface area contributed by atoms with Gasteiger partial charge in [-0.1, -0.05) is 27.5 Å². The van der Waals surface area contributed by atoms with E-state index in [1.165, 1.54) is 17.7 Å². The molecule has 0 radical (unpaired) electrons. The fourth-order valence-electron chi connectivity index (χ4n) is 1.36. The van der Waals surface area contributed by atoms with E-state index >= 15 is 0 Å². The summed E-state index contributed by atoms with van der Waals surface area (Å²) in [6.07, 6.45) is 3.33. The number of hydrogen-bond donors (Lipinski definition) is 1. The zero-order valence-corrected chi connectivity index (χ0v) is 12.8. The van der Waals surface area contributed by atoms with Gasteiger partial charge in [0, 0.05) is 22.1 Å². The quantitative estimate of drug-likeness (QED) is 0.836. The summed E-state index contributed by atoms with van der Waals surface area (Å²) in [7, 11) is 0. The van der Waals surface area contributed by atoms with E-state index in [1.807, 2.05) is 30.0 Å². The zero-order chi connectivity index (χ0) is 12.0. The largest absolute Gasteiger partial charge is 0.310 e. The molecule has 90 valence electrons. The van der Waals surface area contributed by atoms with Crippen LogP contribution in [0.5, 0.6) is 0 Å². The van der Waals surface area contributed by atoms with E-state index in [0.717, 1.165) is 16.0 Å². The molecule has 0 fully saturated rings. The van der Waals surface area contributed by atoms with Gasteiger partial charge in [0.05, 0.1) is 0 Å². The highest BCUT2D eigenvalue weighted by molar-refractivity contribution is 9.10.